The van der Waals surface area contributed by atoms with Gasteiger partial charge in [-0.15, -0.1) is 0 Å². The summed E-state index contributed by atoms with van der Waals surface area (Å²) in [5.41, 5.74) is -0.532. The molecule has 27 heavy (non-hydrogen) atoms. The van der Waals surface area contributed by atoms with E-state index in [1.54, 1.807) is 0 Å². The number of hydrogen-bond donors (Lipinski definition) is 2. The van der Waals surface area contributed by atoms with E-state index >= 15 is 0 Å². The Bertz CT molecular complexity index is 1110. The normalized spacial score (nSPS) is 35.3. The second-order valence-electron chi connectivity index (χ2n) is 6.17. The fourth-order valence-electron chi connectivity index (χ4n) is 3.35. The number of phosphoric ester groups is 1. The highest BCUT2D eigenvalue weighted by molar-refractivity contribution is 9.10. The summed E-state index contributed by atoms with van der Waals surface area (Å²) in [5.74, 6) is -0.350. The van der Waals surface area contributed by atoms with Gasteiger partial charge in [-0.3, -0.25) is 28.6 Å². The number of ether oxygens (including phenoxy) is 1. The number of aliphatic hydroxyl groups excluding tert-OH is 1. The van der Waals surface area contributed by atoms with Gasteiger partial charge in [-0.2, -0.15) is 4.98 Å². The van der Waals surface area contributed by atoms with E-state index in [0.717, 1.165) is 4.57 Å². The topological polar surface area (TPSA) is 170 Å². The van der Waals surface area contributed by atoms with Gasteiger partial charge in [0.25, 0.3) is 13.4 Å². The monoisotopic (exact) mass is 463 g/mol. The van der Waals surface area contributed by atoms with Crippen molar-refractivity contribution >= 4 is 46.8 Å². The molecule has 15 heteroatoms. The van der Waals surface area contributed by atoms with Crippen molar-refractivity contribution in [1.29, 1.82) is 0 Å². The molecule has 5 heterocycles. The lowest BCUT2D eigenvalue weighted by molar-refractivity contribution is -0.245. The van der Waals surface area contributed by atoms with Gasteiger partial charge in [-0.25, -0.2) is 4.98 Å². The lowest BCUT2D eigenvalue weighted by atomic mass is 10.1. The Morgan fingerprint density at radius 2 is 2.19 bits per heavy atom. The molecule has 0 aliphatic carbocycles. The summed E-state index contributed by atoms with van der Waals surface area (Å²) in [5, 5.41) is 13.0. The summed E-state index contributed by atoms with van der Waals surface area (Å²) in [6.07, 6.45) is -4.57. The van der Waals surface area contributed by atoms with Gasteiger partial charge in [0.15, 0.2) is 22.1 Å². The molecule has 2 aromatic heterocycles. The predicted molar refractivity (Wildman–Crippen MR) is 87.6 cm³/mol. The molecule has 2 saturated heterocycles. The first-order valence-corrected chi connectivity index (χ1v) is 9.96. The van der Waals surface area contributed by atoms with Crippen LogP contribution in [0.2, 0.25) is 0 Å². The van der Waals surface area contributed by atoms with Crippen molar-refractivity contribution < 1.29 is 34.6 Å². The first-order chi connectivity index (χ1) is 12.7. The molecule has 5 atom stereocenters. The van der Waals surface area contributed by atoms with E-state index in [1.807, 2.05) is 0 Å². The Hall–Kier alpha value is -1.67. The summed E-state index contributed by atoms with van der Waals surface area (Å²) in [4.78, 5) is 44.0. The molecule has 0 radical (unpaired) electrons. The van der Waals surface area contributed by atoms with Crippen molar-refractivity contribution in [3.05, 3.63) is 15.1 Å². The lowest BCUT2D eigenvalue weighted by Crippen LogP contribution is -2.41. The number of halogens is 1. The number of phosphoric acid groups is 1. The Labute approximate surface area is 159 Å². The van der Waals surface area contributed by atoms with Gasteiger partial charge in [-0.05, 0) is 15.9 Å². The lowest BCUT2D eigenvalue weighted by Gasteiger charge is -2.34. The Kier molecular flexibility index (Phi) is 3.66. The molecule has 3 aliphatic heterocycles. The average molecular weight is 464 g/mol. The highest BCUT2D eigenvalue weighted by Crippen LogP contribution is 2.50. The molecule has 13 nitrogen and oxygen atoms in total. The standard InChI is InChI=1S/C12H11BrN5O8P/c13-11-15-5-8(16-12-14-4(19)1-17(12)9(5)21)18(11)10-6(20)7-3(25-10)2-24-27(22,23)26-7/h3,6-7,10,20H,1-2H2,(H,22,23)(H,14,16,19)/t3?,6?,7-,10-/m1/s1. The zero-order valence-corrected chi connectivity index (χ0v) is 15.6. The van der Waals surface area contributed by atoms with Crippen LogP contribution in [-0.4, -0.2) is 55.0 Å². The van der Waals surface area contributed by atoms with E-state index < -0.39 is 43.8 Å². The first kappa shape index (κ1) is 17.4. The van der Waals surface area contributed by atoms with Gasteiger partial charge >= 0.3 is 1.43 Å². The van der Waals surface area contributed by atoms with E-state index in [-0.39, 0.29) is 36.4 Å². The number of nitrogens with one attached hydrogen (secondary N) is 1. The van der Waals surface area contributed by atoms with Crippen LogP contribution in [0.3, 0.4) is 0 Å². The Morgan fingerprint density at radius 3 is 2.96 bits per heavy atom. The molecule has 2 fully saturated rings. The molecule has 144 valence electrons. The largest absolute Gasteiger partial charge is 1.00 e. The number of anilines is 1. The quantitative estimate of drug-likeness (QED) is 0.377. The van der Waals surface area contributed by atoms with Gasteiger partial charge in [-0.1, -0.05) is 0 Å². The van der Waals surface area contributed by atoms with Crippen molar-refractivity contribution in [3.63, 3.8) is 0 Å². The molecule has 0 bridgehead atoms. The van der Waals surface area contributed by atoms with Gasteiger partial charge in [0.05, 0.1) is 6.61 Å². The number of amides is 1. The minimum Gasteiger partial charge on any atom is -0.756 e. The Morgan fingerprint density at radius 1 is 1.41 bits per heavy atom. The fraction of sp³-hybridized carbons (Fsp3) is 0.500. The van der Waals surface area contributed by atoms with Crippen LogP contribution in [0.5, 0.6) is 0 Å². The molecule has 0 spiro atoms. The number of imidazole rings is 1. The second kappa shape index (κ2) is 5.67. The second-order valence-corrected chi connectivity index (χ2v) is 8.24. The maximum Gasteiger partial charge on any atom is 1.00 e. The molecular formula is C12H11BrN5O8P. The van der Waals surface area contributed by atoms with Crippen molar-refractivity contribution in [3.8, 4) is 0 Å². The molecule has 0 aromatic carbocycles. The van der Waals surface area contributed by atoms with E-state index in [1.165, 1.54) is 4.57 Å². The number of fused-ring (bicyclic) bond motifs is 3. The summed E-state index contributed by atoms with van der Waals surface area (Å²) >= 11 is 3.20. The van der Waals surface area contributed by atoms with Gasteiger partial charge in [0.2, 0.25) is 11.9 Å². The predicted octanol–water partition coefficient (Wildman–Crippen LogP) is -1.44. The number of aromatic nitrogens is 4. The highest BCUT2D eigenvalue weighted by atomic mass is 79.9. The third-order valence-corrected chi connectivity index (χ3v) is 6.05. The van der Waals surface area contributed by atoms with Crippen molar-refractivity contribution in [2.75, 3.05) is 11.9 Å². The van der Waals surface area contributed by atoms with Crippen LogP contribution in [-0.2, 0) is 29.7 Å². The molecule has 2 N–H and O–H groups in total. The molecule has 3 unspecified atom stereocenters. The minimum atomic E-state index is -4.53. The zero-order valence-electron chi connectivity index (χ0n) is 14.1. The number of carbonyl (C=O) groups excluding carboxylic acids is 1. The smallest absolute Gasteiger partial charge is 0.756 e. The van der Waals surface area contributed by atoms with Crippen LogP contribution in [0.15, 0.2) is 9.53 Å². The van der Waals surface area contributed by atoms with E-state index in [2.05, 4.69) is 35.7 Å². The van der Waals surface area contributed by atoms with Crippen molar-refractivity contribution in [1.82, 2.24) is 19.1 Å². The van der Waals surface area contributed by atoms with Crippen molar-refractivity contribution in [2.24, 2.45) is 0 Å². The highest BCUT2D eigenvalue weighted by Gasteiger charge is 2.51. The van der Waals surface area contributed by atoms with Crippen LogP contribution in [0.4, 0.5) is 5.95 Å². The van der Waals surface area contributed by atoms with Crippen molar-refractivity contribution in [2.45, 2.75) is 31.1 Å². The number of hydrogen-bond acceptors (Lipinski definition) is 10. The summed E-state index contributed by atoms with van der Waals surface area (Å²) in [6, 6.07) is 0. The first-order valence-electron chi connectivity index (χ1n) is 7.71. The maximum absolute atomic E-state index is 12.6. The van der Waals surface area contributed by atoms with E-state index in [0.29, 0.717) is 0 Å². The molecular weight excluding hydrogens is 453 g/mol. The molecule has 3 aliphatic rings. The van der Waals surface area contributed by atoms with E-state index in [9.17, 15) is 24.2 Å². The van der Waals surface area contributed by atoms with E-state index in [4.69, 9.17) is 9.26 Å². The van der Waals surface area contributed by atoms with Crippen LogP contribution >= 0.6 is 23.8 Å². The fourth-order valence-corrected chi connectivity index (χ4v) is 4.85. The van der Waals surface area contributed by atoms with Gasteiger partial charge < -0.3 is 23.8 Å². The number of carbonyl (C=O) groups is 1. The van der Waals surface area contributed by atoms with Crippen LogP contribution in [0.1, 0.15) is 7.65 Å². The van der Waals surface area contributed by atoms with Crippen LogP contribution in [0, 0.1) is 0 Å². The molecule has 0 saturated carbocycles. The third-order valence-electron chi connectivity index (χ3n) is 4.52. The molecule has 5 rings (SSSR count). The third kappa shape index (κ3) is 2.52. The summed E-state index contributed by atoms with van der Waals surface area (Å²) < 4.78 is 29.2. The molecule has 1 amide bonds. The number of nitrogens with zero attached hydrogens (tertiary/aromatic N) is 4. The number of aliphatic hydroxyl groups is 1. The van der Waals surface area contributed by atoms with Gasteiger partial charge in [0, 0.05) is 0 Å². The zero-order chi connectivity index (χ0) is 19.1. The molecule has 2 aromatic rings. The summed E-state index contributed by atoms with van der Waals surface area (Å²) in [7, 11) is -4.53. The van der Waals surface area contributed by atoms with Gasteiger partial charge in [0.1, 0.15) is 24.9 Å². The average Bonchev–Trinajstić information content (AvgIpc) is 3.22. The SMILES string of the molecule is O=C1Cn2c(nc3c(nc(Br)n3[C@@H]3OC4COP(=O)([O-])O[C@H]4C3O)c2=O)N1.[H+]. The maximum atomic E-state index is 12.6. The minimum absolute atomic E-state index is 0. The van der Waals surface area contributed by atoms with Crippen LogP contribution in [0.25, 0.3) is 11.2 Å². The number of rotatable bonds is 1. The van der Waals surface area contributed by atoms with Crippen LogP contribution < -0.4 is 15.8 Å². The summed E-state index contributed by atoms with van der Waals surface area (Å²) in [6.45, 7) is -0.483. The Balaban J connectivity index is 0.00000192.